The Balaban J connectivity index is 1.84. The van der Waals surface area contributed by atoms with E-state index >= 15 is 0 Å². The van der Waals surface area contributed by atoms with Crippen molar-refractivity contribution < 1.29 is 22.3 Å². The average Bonchev–Trinajstić information content (AvgIpc) is 2.73. The minimum Gasteiger partial charge on any atom is -0.488 e. The van der Waals surface area contributed by atoms with Gasteiger partial charge in [-0.2, -0.15) is 13.2 Å². The Labute approximate surface area is 179 Å². The van der Waals surface area contributed by atoms with Crippen LogP contribution in [0.5, 0.6) is 5.75 Å². The van der Waals surface area contributed by atoms with Gasteiger partial charge in [-0.1, -0.05) is 38.3 Å². The molecule has 0 atom stereocenters. The van der Waals surface area contributed by atoms with Gasteiger partial charge in [-0.15, -0.1) is 0 Å². The molecule has 1 heterocycles. The van der Waals surface area contributed by atoms with E-state index in [2.05, 4.69) is 6.92 Å². The zero-order valence-electron chi connectivity index (χ0n) is 18.1. The molecule has 0 N–H and O–H groups in total. The highest BCUT2D eigenvalue weighted by Crippen LogP contribution is 2.32. The SMILES string of the molecule is CCCCCCc1c(C)c2ccc(OCc3cccc(C(F)(F)F)c3)c(C)c2oc1=O. The first-order chi connectivity index (χ1) is 14.7. The van der Waals surface area contributed by atoms with E-state index in [1.807, 2.05) is 13.0 Å². The number of benzene rings is 2. The minimum atomic E-state index is -4.40. The van der Waals surface area contributed by atoms with E-state index in [1.165, 1.54) is 6.07 Å². The molecular formula is C25H27F3O3. The molecule has 0 aliphatic carbocycles. The Morgan fingerprint density at radius 3 is 2.48 bits per heavy atom. The number of fused-ring (bicyclic) bond motifs is 1. The first kappa shape index (κ1) is 22.9. The quantitative estimate of drug-likeness (QED) is 0.281. The van der Waals surface area contributed by atoms with Crippen molar-refractivity contribution in [2.45, 2.75) is 65.7 Å². The second kappa shape index (κ2) is 9.58. The Morgan fingerprint density at radius 1 is 1.00 bits per heavy atom. The van der Waals surface area contributed by atoms with Crippen LogP contribution in [0.25, 0.3) is 11.0 Å². The van der Waals surface area contributed by atoms with Crippen molar-refractivity contribution in [3.8, 4) is 5.75 Å². The van der Waals surface area contributed by atoms with Crippen LogP contribution in [-0.2, 0) is 19.2 Å². The summed E-state index contributed by atoms with van der Waals surface area (Å²) in [5.41, 5.74) is 2.10. The standard InChI is InChI=1S/C25H27F3O3/c1-4-5-6-7-11-21-16(2)20-12-13-22(17(3)23(20)31-24(21)29)30-15-18-9-8-10-19(14-18)25(26,27)28/h8-10,12-14H,4-7,11,15H2,1-3H3. The zero-order chi connectivity index (χ0) is 22.6. The first-order valence-corrected chi connectivity index (χ1v) is 10.6. The van der Waals surface area contributed by atoms with Crippen molar-refractivity contribution in [1.82, 2.24) is 0 Å². The smallest absolute Gasteiger partial charge is 0.416 e. The number of hydrogen-bond acceptors (Lipinski definition) is 3. The van der Waals surface area contributed by atoms with E-state index in [0.717, 1.165) is 48.8 Å². The van der Waals surface area contributed by atoms with E-state index in [1.54, 1.807) is 19.1 Å². The molecule has 0 aliphatic heterocycles. The van der Waals surface area contributed by atoms with Gasteiger partial charge < -0.3 is 9.15 Å². The number of ether oxygens (including phenoxy) is 1. The third-order valence-corrected chi connectivity index (χ3v) is 5.58. The van der Waals surface area contributed by atoms with Crippen LogP contribution in [-0.4, -0.2) is 0 Å². The monoisotopic (exact) mass is 432 g/mol. The molecule has 6 heteroatoms. The fourth-order valence-corrected chi connectivity index (χ4v) is 3.74. The van der Waals surface area contributed by atoms with E-state index in [4.69, 9.17) is 9.15 Å². The summed E-state index contributed by atoms with van der Waals surface area (Å²) in [5.74, 6) is 0.475. The topological polar surface area (TPSA) is 39.4 Å². The molecule has 0 aliphatic rings. The van der Waals surface area contributed by atoms with Crippen LogP contribution in [0.15, 0.2) is 45.6 Å². The highest BCUT2D eigenvalue weighted by Gasteiger charge is 2.30. The fraction of sp³-hybridized carbons (Fsp3) is 0.400. The molecular weight excluding hydrogens is 405 g/mol. The fourth-order valence-electron chi connectivity index (χ4n) is 3.74. The van der Waals surface area contributed by atoms with Crippen molar-refractivity contribution in [2.75, 3.05) is 0 Å². The lowest BCUT2D eigenvalue weighted by Gasteiger charge is -2.14. The molecule has 3 aromatic rings. The summed E-state index contributed by atoms with van der Waals surface area (Å²) in [7, 11) is 0. The number of aryl methyl sites for hydroxylation is 2. The molecule has 1 aromatic heterocycles. The van der Waals surface area contributed by atoms with E-state index in [9.17, 15) is 18.0 Å². The van der Waals surface area contributed by atoms with Crippen LogP contribution in [0.3, 0.4) is 0 Å². The van der Waals surface area contributed by atoms with Crippen molar-refractivity contribution in [2.24, 2.45) is 0 Å². The van der Waals surface area contributed by atoms with Crippen LogP contribution in [0.2, 0.25) is 0 Å². The van der Waals surface area contributed by atoms with E-state index < -0.39 is 11.7 Å². The van der Waals surface area contributed by atoms with Crippen molar-refractivity contribution in [3.63, 3.8) is 0 Å². The molecule has 0 saturated heterocycles. The zero-order valence-corrected chi connectivity index (χ0v) is 18.1. The number of hydrogen-bond donors (Lipinski definition) is 0. The average molecular weight is 432 g/mol. The molecule has 0 spiro atoms. The Hall–Kier alpha value is -2.76. The predicted octanol–water partition coefficient (Wildman–Crippen LogP) is 7.13. The summed E-state index contributed by atoms with van der Waals surface area (Å²) in [4.78, 5) is 12.6. The van der Waals surface area contributed by atoms with Gasteiger partial charge in [-0.05, 0) is 62.1 Å². The van der Waals surface area contributed by atoms with Crippen molar-refractivity contribution in [1.29, 1.82) is 0 Å². The highest BCUT2D eigenvalue weighted by atomic mass is 19.4. The van der Waals surface area contributed by atoms with Gasteiger partial charge in [0, 0.05) is 16.5 Å². The second-order valence-corrected chi connectivity index (χ2v) is 7.86. The summed E-state index contributed by atoms with van der Waals surface area (Å²) >= 11 is 0. The maximum atomic E-state index is 12.9. The summed E-state index contributed by atoms with van der Waals surface area (Å²) in [5, 5.41) is 0.856. The predicted molar refractivity (Wildman–Crippen MR) is 116 cm³/mol. The van der Waals surface area contributed by atoms with Crippen LogP contribution in [0, 0.1) is 13.8 Å². The Kier molecular flexibility index (Phi) is 7.08. The van der Waals surface area contributed by atoms with Gasteiger partial charge >= 0.3 is 11.8 Å². The molecule has 2 aromatic carbocycles. The van der Waals surface area contributed by atoms with Gasteiger partial charge in [-0.3, -0.25) is 0 Å². The van der Waals surface area contributed by atoms with Crippen molar-refractivity contribution in [3.05, 3.63) is 74.6 Å². The number of alkyl halides is 3. The minimum absolute atomic E-state index is 0.0189. The summed E-state index contributed by atoms with van der Waals surface area (Å²) in [6.07, 6.45) is 0.593. The third kappa shape index (κ3) is 5.30. The van der Waals surface area contributed by atoms with Crippen LogP contribution in [0.4, 0.5) is 13.2 Å². The van der Waals surface area contributed by atoms with Crippen LogP contribution < -0.4 is 10.4 Å². The molecule has 0 saturated carbocycles. The normalized spacial score (nSPS) is 11.8. The molecule has 3 rings (SSSR count). The first-order valence-electron chi connectivity index (χ1n) is 10.6. The highest BCUT2D eigenvalue weighted by molar-refractivity contribution is 5.85. The molecule has 0 fully saturated rings. The van der Waals surface area contributed by atoms with Gasteiger partial charge in [0.1, 0.15) is 17.9 Å². The Morgan fingerprint density at radius 2 is 1.77 bits per heavy atom. The molecule has 166 valence electrons. The number of unbranched alkanes of at least 4 members (excludes halogenated alkanes) is 3. The van der Waals surface area contributed by atoms with Crippen LogP contribution >= 0.6 is 0 Å². The molecule has 31 heavy (non-hydrogen) atoms. The molecule has 0 amide bonds. The van der Waals surface area contributed by atoms with Gasteiger partial charge in [0.25, 0.3) is 0 Å². The Bertz CT molecular complexity index is 1110. The molecule has 3 nitrogen and oxygen atoms in total. The number of rotatable bonds is 8. The lowest BCUT2D eigenvalue weighted by atomic mass is 9.99. The van der Waals surface area contributed by atoms with Gasteiger partial charge in [0.2, 0.25) is 0 Å². The molecule has 0 radical (unpaired) electrons. The molecule has 0 unspecified atom stereocenters. The maximum Gasteiger partial charge on any atom is 0.416 e. The number of halogens is 3. The lowest BCUT2D eigenvalue weighted by Crippen LogP contribution is -2.11. The summed E-state index contributed by atoms with van der Waals surface area (Å²) in [6.45, 7) is 5.84. The van der Waals surface area contributed by atoms with Gasteiger partial charge in [0.15, 0.2) is 0 Å². The van der Waals surface area contributed by atoms with E-state index in [0.29, 0.717) is 34.4 Å². The van der Waals surface area contributed by atoms with Gasteiger partial charge in [0.05, 0.1) is 5.56 Å². The van der Waals surface area contributed by atoms with Crippen LogP contribution in [0.1, 0.15) is 60.4 Å². The third-order valence-electron chi connectivity index (χ3n) is 5.58. The maximum absolute atomic E-state index is 12.9. The van der Waals surface area contributed by atoms with Gasteiger partial charge in [-0.25, -0.2) is 4.79 Å². The second-order valence-electron chi connectivity index (χ2n) is 7.86. The lowest BCUT2D eigenvalue weighted by molar-refractivity contribution is -0.137. The summed E-state index contributed by atoms with van der Waals surface area (Å²) in [6, 6.07) is 8.67. The molecule has 0 bridgehead atoms. The van der Waals surface area contributed by atoms with E-state index in [-0.39, 0.29) is 12.2 Å². The van der Waals surface area contributed by atoms with Crippen molar-refractivity contribution >= 4 is 11.0 Å². The summed E-state index contributed by atoms with van der Waals surface area (Å²) < 4.78 is 50.1. The largest absolute Gasteiger partial charge is 0.488 e.